The number of hydrogen-bond donors (Lipinski definition) is 2. The Bertz CT molecular complexity index is 1100. The molecule has 0 aliphatic carbocycles. The molecule has 1 unspecified atom stereocenters. The number of primary sulfonamides is 1. The lowest BCUT2D eigenvalue weighted by atomic mass is 10.2. The molecule has 0 amide bonds. The second kappa shape index (κ2) is 9.14. The molecule has 0 saturated carbocycles. The van der Waals surface area contributed by atoms with E-state index in [0.29, 0.717) is 29.0 Å². The quantitative estimate of drug-likeness (QED) is 0.559. The molecule has 0 aliphatic rings. The zero-order valence-electron chi connectivity index (χ0n) is 17.0. The van der Waals surface area contributed by atoms with Crippen molar-refractivity contribution in [3.63, 3.8) is 0 Å². The van der Waals surface area contributed by atoms with Gasteiger partial charge in [-0.25, -0.2) is 28.5 Å². The van der Waals surface area contributed by atoms with Crippen LogP contribution in [0, 0.1) is 6.92 Å². The van der Waals surface area contributed by atoms with Crippen LogP contribution < -0.4 is 15.2 Å². The van der Waals surface area contributed by atoms with Gasteiger partial charge in [-0.3, -0.25) is 0 Å². The van der Waals surface area contributed by atoms with Gasteiger partial charge in [0.15, 0.2) is 0 Å². The molecule has 0 aliphatic heterocycles. The highest BCUT2D eigenvalue weighted by Crippen LogP contribution is 2.24. The third-order valence-electron chi connectivity index (χ3n) is 4.25. The van der Waals surface area contributed by atoms with E-state index < -0.39 is 10.0 Å². The predicted octanol–water partition coefficient (Wildman–Crippen LogP) is 2.89. The summed E-state index contributed by atoms with van der Waals surface area (Å²) in [6, 6.07) is 8.21. The van der Waals surface area contributed by atoms with Gasteiger partial charge in [-0.2, -0.15) is 4.98 Å². The summed E-state index contributed by atoms with van der Waals surface area (Å²) in [5, 5.41) is 8.29. The summed E-state index contributed by atoms with van der Waals surface area (Å²) in [4.78, 5) is 17.4. The third kappa shape index (κ3) is 6.19. The first kappa shape index (κ1) is 21.6. The van der Waals surface area contributed by atoms with Gasteiger partial charge in [-0.05, 0) is 43.5 Å². The van der Waals surface area contributed by atoms with E-state index in [9.17, 15) is 8.42 Å². The Hall–Kier alpha value is -3.11. The van der Waals surface area contributed by atoms with Gasteiger partial charge < -0.3 is 10.1 Å². The van der Waals surface area contributed by atoms with Crippen molar-refractivity contribution >= 4 is 16.0 Å². The summed E-state index contributed by atoms with van der Waals surface area (Å²) in [5.41, 5.74) is 2.37. The molecule has 3 rings (SSSR count). The molecule has 0 spiro atoms. The number of aromatic nitrogens is 4. The van der Waals surface area contributed by atoms with Crippen molar-refractivity contribution in [2.24, 2.45) is 5.14 Å². The molecule has 0 fully saturated rings. The van der Waals surface area contributed by atoms with E-state index in [1.165, 1.54) is 0 Å². The molecule has 2 heterocycles. The molecule has 2 aromatic heterocycles. The highest BCUT2D eigenvalue weighted by Gasteiger charge is 2.13. The molecule has 0 saturated heterocycles. The monoisotopic (exact) mass is 428 g/mol. The Labute approximate surface area is 175 Å². The minimum absolute atomic E-state index is 0.168. The van der Waals surface area contributed by atoms with Crippen molar-refractivity contribution in [3.8, 4) is 11.6 Å². The number of rotatable bonds is 8. The lowest BCUT2D eigenvalue weighted by Gasteiger charge is -2.15. The molecule has 9 nitrogen and oxygen atoms in total. The second-order valence-corrected chi connectivity index (χ2v) is 8.48. The van der Waals surface area contributed by atoms with Crippen LogP contribution in [0.4, 0.5) is 5.95 Å². The molecule has 1 atom stereocenters. The summed E-state index contributed by atoms with van der Waals surface area (Å²) in [5.74, 6) is 1.76. The number of nitrogens with zero attached hydrogens (tertiary/aromatic N) is 4. The normalized spacial score (nSPS) is 12.4. The molecule has 158 valence electrons. The van der Waals surface area contributed by atoms with E-state index in [2.05, 4.69) is 25.3 Å². The van der Waals surface area contributed by atoms with Crippen LogP contribution in [0.25, 0.3) is 0 Å². The molecule has 1 aromatic carbocycles. The van der Waals surface area contributed by atoms with Gasteiger partial charge in [-0.1, -0.05) is 19.1 Å². The van der Waals surface area contributed by atoms with Crippen molar-refractivity contribution in [2.45, 2.75) is 39.0 Å². The Morgan fingerprint density at radius 3 is 2.37 bits per heavy atom. The Kier molecular flexibility index (Phi) is 6.58. The summed E-state index contributed by atoms with van der Waals surface area (Å²) in [7, 11) is -3.58. The van der Waals surface area contributed by atoms with Crippen molar-refractivity contribution in [3.05, 3.63) is 65.4 Å². The Balaban J connectivity index is 1.72. The lowest BCUT2D eigenvalue weighted by Crippen LogP contribution is -2.14. The molecular weight excluding hydrogens is 404 g/mol. The van der Waals surface area contributed by atoms with Crippen LogP contribution >= 0.6 is 0 Å². The number of nitrogens with two attached hydrogens (primary N) is 1. The zero-order valence-corrected chi connectivity index (χ0v) is 17.8. The van der Waals surface area contributed by atoms with Gasteiger partial charge in [0.1, 0.15) is 11.6 Å². The average Bonchev–Trinajstić information content (AvgIpc) is 2.68. The van der Waals surface area contributed by atoms with E-state index in [4.69, 9.17) is 9.88 Å². The standard InChI is InChI=1S/C20H24N6O3S/c1-4-15-10-22-20(23-11-15)24-13(2)18-9-19(26-14(3)25-18)29-17-7-5-16(6-8-17)12-30(21,27)28/h5-11,13H,4,12H2,1-3H3,(H2,21,27,28)(H,22,23,24). The Morgan fingerprint density at radius 2 is 1.77 bits per heavy atom. The number of nitrogens with one attached hydrogen (secondary N) is 1. The number of aryl methyl sites for hydroxylation is 2. The molecule has 30 heavy (non-hydrogen) atoms. The van der Waals surface area contributed by atoms with Crippen molar-refractivity contribution in [2.75, 3.05) is 5.32 Å². The van der Waals surface area contributed by atoms with Crippen LogP contribution in [0.15, 0.2) is 42.7 Å². The van der Waals surface area contributed by atoms with Crippen molar-refractivity contribution in [1.82, 2.24) is 19.9 Å². The molecule has 0 radical (unpaired) electrons. The van der Waals surface area contributed by atoms with Gasteiger partial charge in [0.25, 0.3) is 0 Å². The maximum Gasteiger partial charge on any atom is 0.223 e. The van der Waals surface area contributed by atoms with Gasteiger partial charge >= 0.3 is 0 Å². The smallest absolute Gasteiger partial charge is 0.223 e. The number of hydrogen-bond acceptors (Lipinski definition) is 8. The summed E-state index contributed by atoms with van der Waals surface area (Å²) >= 11 is 0. The SMILES string of the molecule is CCc1cnc(NC(C)c2cc(Oc3ccc(CS(N)(=O)=O)cc3)nc(C)n2)nc1. The fourth-order valence-corrected chi connectivity index (χ4v) is 3.38. The van der Waals surface area contributed by atoms with Crippen LogP contribution in [0.3, 0.4) is 0 Å². The predicted molar refractivity (Wildman–Crippen MR) is 114 cm³/mol. The number of sulfonamides is 1. The van der Waals surface area contributed by atoms with Crippen LogP contribution in [-0.2, 0) is 22.2 Å². The molecular formula is C20H24N6O3S. The maximum absolute atomic E-state index is 11.2. The van der Waals surface area contributed by atoms with E-state index in [-0.39, 0.29) is 11.8 Å². The molecule has 0 bridgehead atoms. The maximum atomic E-state index is 11.2. The molecule has 10 heteroatoms. The van der Waals surface area contributed by atoms with Crippen LogP contribution in [0.2, 0.25) is 0 Å². The summed E-state index contributed by atoms with van der Waals surface area (Å²) < 4.78 is 28.2. The minimum Gasteiger partial charge on any atom is -0.439 e. The fourth-order valence-electron chi connectivity index (χ4n) is 2.72. The average molecular weight is 429 g/mol. The Morgan fingerprint density at radius 1 is 1.10 bits per heavy atom. The molecule has 3 aromatic rings. The minimum atomic E-state index is -3.58. The van der Waals surface area contributed by atoms with Crippen molar-refractivity contribution < 1.29 is 13.2 Å². The number of ether oxygens (including phenoxy) is 1. The summed E-state index contributed by atoms with van der Waals surface area (Å²) in [6.45, 7) is 5.78. The first-order chi connectivity index (χ1) is 14.2. The van der Waals surface area contributed by atoms with Crippen LogP contribution in [0.5, 0.6) is 11.6 Å². The largest absolute Gasteiger partial charge is 0.439 e. The van der Waals surface area contributed by atoms with E-state index >= 15 is 0 Å². The van der Waals surface area contributed by atoms with Gasteiger partial charge in [0, 0.05) is 18.5 Å². The van der Waals surface area contributed by atoms with Crippen molar-refractivity contribution in [1.29, 1.82) is 0 Å². The van der Waals surface area contributed by atoms with Crippen LogP contribution in [0.1, 0.15) is 42.5 Å². The lowest BCUT2D eigenvalue weighted by molar-refractivity contribution is 0.457. The van der Waals surface area contributed by atoms with Gasteiger partial charge in [0.05, 0.1) is 17.5 Å². The highest BCUT2D eigenvalue weighted by molar-refractivity contribution is 7.88. The second-order valence-electron chi connectivity index (χ2n) is 6.87. The molecule has 3 N–H and O–H groups in total. The number of benzene rings is 1. The van der Waals surface area contributed by atoms with E-state index in [0.717, 1.165) is 17.7 Å². The summed E-state index contributed by atoms with van der Waals surface area (Å²) in [6.07, 6.45) is 4.47. The third-order valence-corrected chi connectivity index (χ3v) is 4.99. The first-order valence-corrected chi connectivity index (χ1v) is 11.1. The van der Waals surface area contributed by atoms with E-state index in [1.54, 1.807) is 49.6 Å². The number of anilines is 1. The van der Waals surface area contributed by atoms with Crippen LogP contribution in [-0.4, -0.2) is 28.4 Å². The topological polar surface area (TPSA) is 133 Å². The highest BCUT2D eigenvalue weighted by atomic mass is 32.2. The fraction of sp³-hybridized carbons (Fsp3) is 0.300. The van der Waals surface area contributed by atoms with Gasteiger partial charge in [-0.15, -0.1) is 0 Å². The zero-order chi connectivity index (χ0) is 21.7. The first-order valence-electron chi connectivity index (χ1n) is 9.42. The van der Waals surface area contributed by atoms with E-state index in [1.807, 2.05) is 13.8 Å². The van der Waals surface area contributed by atoms with Gasteiger partial charge in [0.2, 0.25) is 21.9 Å².